The van der Waals surface area contributed by atoms with Crippen LogP contribution >= 0.6 is 0 Å². The van der Waals surface area contributed by atoms with E-state index in [0.717, 1.165) is 24.3 Å². The Labute approximate surface area is 240 Å². The second-order valence-corrected chi connectivity index (χ2v) is 9.52. The molecule has 10 N–H and O–H groups in total. The fourth-order valence-corrected chi connectivity index (χ4v) is 4.04. The van der Waals surface area contributed by atoms with Crippen molar-refractivity contribution in [2.45, 2.75) is 44.2 Å². The summed E-state index contributed by atoms with van der Waals surface area (Å²) in [7, 11) is -1.96. The predicted molar refractivity (Wildman–Crippen MR) is 149 cm³/mol. The summed E-state index contributed by atoms with van der Waals surface area (Å²) in [6.45, 7) is -0.00825. The molecule has 11 nitrogen and oxygen atoms in total. The smallest absolute Gasteiger partial charge is 0.423 e. The highest BCUT2D eigenvalue weighted by Crippen LogP contribution is 2.29. The van der Waals surface area contributed by atoms with Gasteiger partial charge in [0.2, 0.25) is 17.7 Å². The van der Waals surface area contributed by atoms with Gasteiger partial charge in [-0.3, -0.25) is 14.4 Å². The SMILES string of the molecule is NCCN(CCN)C(=O)CC[C@H](N)C(=O)N[C@H](Cc1ccc(C(F)(F)F)cc1)C(=O)Nc1cc(CF)cc(B(O)O)c1. The molecule has 0 spiro atoms. The molecule has 0 bridgehead atoms. The van der Waals surface area contributed by atoms with Crippen LogP contribution in [0.5, 0.6) is 0 Å². The Kier molecular flexibility index (Phi) is 13.3. The number of hydrogen-bond acceptors (Lipinski definition) is 8. The summed E-state index contributed by atoms with van der Waals surface area (Å²) in [5.41, 5.74) is 16.3. The number of nitrogens with two attached hydrogens (primary N) is 3. The third kappa shape index (κ3) is 10.7. The maximum absolute atomic E-state index is 13.3. The number of hydrogen-bond donors (Lipinski definition) is 7. The molecule has 2 rings (SSSR count). The molecule has 0 saturated heterocycles. The molecule has 0 aliphatic heterocycles. The summed E-state index contributed by atoms with van der Waals surface area (Å²) in [6, 6.07) is 5.00. The summed E-state index contributed by atoms with van der Waals surface area (Å²) in [6.07, 6.45) is -5.01. The van der Waals surface area contributed by atoms with E-state index in [2.05, 4.69) is 10.6 Å². The predicted octanol–water partition coefficient (Wildman–Crippen LogP) is -0.626. The van der Waals surface area contributed by atoms with Gasteiger partial charge in [-0.05, 0) is 47.3 Å². The van der Waals surface area contributed by atoms with Crippen molar-refractivity contribution in [2.75, 3.05) is 31.5 Å². The first-order valence-electron chi connectivity index (χ1n) is 13.1. The van der Waals surface area contributed by atoms with E-state index in [1.807, 2.05) is 0 Å². The lowest BCUT2D eigenvalue weighted by atomic mass is 9.79. The van der Waals surface area contributed by atoms with Gasteiger partial charge < -0.3 is 42.8 Å². The fraction of sp³-hybridized carbons (Fsp3) is 0.423. The summed E-state index contributed by atoms with van der Waals surface area (Å²) < 4.78 is 52.3. The Morgan fingerprint density at radius 2 is 1.57 bits per heavy atom. The van der Waals surface area contributed by atoms with Crippen LogP contribution in [0, 0.1) is 0 Å². The van der Waals surface area contributed by atoms with E-state index in [1.165, 1.54) is 23.1 Å². The Morgan fingerprint density at radius 3 is 2.10 bits per heavy atom. The van der Waals surface area contributed by atoms with Crippen LogP contribution in [-0.2, 0) is 33.7 Å². The van der Waals surface area contributed by atoms with Crippen molar-refractivity contribution >= 4 is 36.0 Å². The summed E-state index contributed by atoms with van der Waals surface area (Å²) >= 11 is 0. The molecule has 2 aromatic rings. The first-order valence-corrected chi connectivity index (χ1v) is 13.1. The van der Waals surface area contributed by atoms with Crippen molar-refractivity contribution in [1.29, 1.82) is 0 Å². The zero-order valence-corrected chi connectivity index (χ0v) is 22.7. The van der Waals surface area contributed by atoms with Gasteiger partial charge in [0.15, 0.2) is 0 Å². The molecule has 2 aromatic carbocycles. The first kappa shape index (κ1) is 34.6. The zero-order valence-electron chi connectivity index (χ0n) is 22.7. The average molecular weight is 598 g/mol. The van der Waals surface area contributed by atoms with Crippen LogP contribution < -0.4 is 33.3 Å². The van der Waals surface area contributed by atoms with Gasteiger partial charge in [-0.15, -0.1) is 0 Å². The number of rotatable bonds is 15. The number of carbonyl (C=O) groups excluding carboxylic acids is 3. The van der Waals surface area contributed by atoms with Crippen molar-refractivity contribution in [1.82, 2.24) is 10.2 Å². The minimum atomic E-state index is -4.58. The second-order valence-electron chi connectivity index (χ2n) is 9.52. The number of nitrogens with one attached hydrogen (secondary N) is 2. The van der Waals surface area contributed by atoms with Gasteiger partial charge >= 0.3 is 13.3 Å². The minimum absolute atomic E-state index is 0.0142. The van der Waals surface area contributed by atoms with Crippen LogP contribution in [0.15, 0.2) is 42.5 Å². The Hall–Kier alpha value is -3.57. The lowest BCUT2D eigenvalue weighted by Crippen LogP contribution is -2.51. The number of alkyl halides is 4. The number of benzene rings is 2. The van der Waals surface area contributed by atoms with Crippen molar-refractivity contribution in [3.05, 3.63) is 59.2 Å². The molecule has 42 heavy (non-hydrogen) atoms. The van der Waals surface area contributed by atoms with E-state index < -0.39 is 49.4 Å². The molecule has 16 heteroatoms. The number of amides is 3. The van der Waals surface area contributed by atoms with Gasteiger partial charge in [0.25, 0.3) is 0 Å². The van der Waals surface area contributed by atoms with E-state index in [-0.39, 0.29) is 73.6 Å². The molecule has 0 aliphatic carbocycles. The van der Waals surface area contributed by atoms with Crippen molar-refractivity contribution < 1.29 is 42.0 Å². The molecule has 2 atom stereocenters. The number of carbonyl (C=O) groups is 3. The Balaban J connectivity index is 2.23. The van der Waals surface area contributed by atoms with E-state index in [1.54, 1.807) is 0 Å². The van der Waals surface area contributed by atoms with Crippen LogP contribution in [0.2, 0.25) is 0 Å². The summed E-state index contributed by atoms with van der Waals surface area (Å²) in [5.74, 6) is -1.95. The molecule has 0 fully saturated rings. The number of halogens is 4. The highest BCUT2D eigenvalue weighted by Gasteiger charge is 2.31. The van der Waals surface area contributed by atoms with Crippen LogP contribution in [-0.4, -0.2) is 78.1 Å². The number of anilines is 1. The highest BCUT2D eigenvalue weighted by molar-refractivity contribution is 6.58. The topological polar surface area (TPSA) is 197 Å². The molecule has 0 saturated carbocycles. The molecular weight excluding hydrogens is 563 g/mol. The van der Waals surface area contributed by atoms with Gasteiger partial charge in [-0.2, -0.15) is 13.2 Å². The second kappa shape index (κ2) is 16.2. The van der Waals surface area contributed by atoms with E-state index in [0.29, 0.717) is 0 Å². The molecule has 0 heterocycles. The average Bonchev–Trinajstić information content (AvgIpc) is 2.94. The standard InChI is InChI=1S/C26H35BF4N6O5/c28-15-17-11-19(27(41)42)14-20(12-17)35-25(40)22(13-16-1-3-18(4-2-16)26(29,30)31)36-24(39)21(34)5-6-23(38)37(9-7-32)10-8-33/h1-4,11-12,14,21-22,41-42H,5-10,13,15,32-34H2,(H,35,40)(H,36,39)/t21-,22+/m0/s1. The van der Waals surface area contributed by atoms with Crippen LogP contribution in [0.1, 0.15) is 29.5 Å². The van der Waals surface area contributed by atoms with Crippen LogP contribution in [0.4, 0.5) is 23.2 Å². The zero-order chi connectivity index (χ0) is 31.4. The normalized spacial score (nSPS) is 12.8. The molecule has 0 radical (unpaired) electrons. The van der Waals surface area contributed by atoms with Crippen LogP contribution in [0.3, 0.4) is 0 Å². The molecular formula is C26H35BF4N6O5. The molecule has 0 aliphatic rings. The maximum atomic E-state index is 13.3. The van der Waals surface area contributed by atoms with Crippen molar-refractivity contribution in [3.63, 3.8) is 0 Å². The maximum Gasteiger partial charge on any atom is 0.488 e. The first-order chi connectivity index (χ1) is 19.8. The van der Waals surface area contributed by atoms with Gasteiger partial charge in [-0.1, -0.05) is 18.2 Å². The van der Waals surface area contributed by atoms with Gasteiger partial charge in [0.1, 0.15) is 12.7 Å². The highest BCUT2D eigenvalue weighted by atomic mass is 19.4. The minimum Gasteiger partial charge on any atom is -0.423 e. The van der Waals surface area contributed by atoms with E-state index in [4.69, 9.17) is 17.2 Å². The largest absolute Gasteiger partial charge is 0.488 e. The van der Waals surface area contributed by atoms with E-state index in [9.17, 15) is 42.0 Å². The third-order valence-electron chi connectivity index (χ3n) is 6.25. The quantitative estimate of drug-likeness (QED) is 0.104. The molecule has 0 unspecified atom stereocenters. The van der Waals surface area contributed by atoms with Gasteiger partial charge in [0.05, 0.1) is 11.6 Å². The Morgan fingerprint density at radius 1 is 0.952 bits per heavy atom. The van der Waals surface area contributed by atoms with Gasteiger partial charge in [-0.25, -0.2) is 4.39 Å². The van der Waals surface area contributed by atoms with Crippen molar-refractivity contribution in [2.24, 2.45) is 17.2 Å². The van der Waals surface area contributed by atoms with Gasteiger partial charge in [0, 0.05) is 44.7 Å². The number of nitrogens with zero attached hydrogens (tertiary/aromatic N) is 1. The molecule has 3 amide bonds. The molecule has 0 aromatic heterocycles. The fourth-order valence-electron chi connectivity index (χ4n) is 4.04. The lowest BCUT2D eigenvalue weighted by molar-refractivity contribution is -0.137. The lowest BCUT2D eigenvalue weighted by Gasteiger charge is -2.23. The van der Waals surface area contributed by atoms with Crippen LogP contribution in [0.25, 0.3) is 0 Å². The van der Waals surface area contributed by atoms with E-state index >= 15 is 0 Å². The third-order valence-corrected chi connectivity index (χ3v) is 6.25. The monoisotopic (exact) mass is 598 g/mol. The summed E-state index contributed by atoms with van der Waals surface area (Å²) in [5, 5.41) is 23.9. The molecule has 230 valence electrons. The summed E-state index contributed by atoms with van der Waals surface area (Å²) in [4.78, 5) is 40.1. The van der Waals surface area contributed by atoms with Crippen molar-refractivity contribution in [3.8, 4) is 0 Å². The Bertz CT molecular complexity index is 1200.